The number of β-amino-alcohol motifs (C(OH)–C–C–N with tert-alkyl or cyclic N) is 1. The van der Waals surface area contributed by atoms with Crippen molar-refractivity contribution in [3.63, 3.8) is 0 Å². The first kappa shape index (κ1) is 12.9. The lowest BCUT2D eigenvalue weighted by Gasteiger charge is -2.25. The molecule has 2 atom stereocenters. The van der Waals surface area contributed by atoms with E-state index in [1.54, 1.807) is 7.05 Å². The van der Waals surface area contributed by atoms with Crippen molar-refractivity contribution in [3.8, 4) is 0 Å². The fourth-order valence-corrected chi connectivity index (χ4v) is 2.63. The van der Waals surface area contributed by atoms with E-state index < -0.39 is 11.0 Å². The third kappa shape index (κ3) is 2.35. The monoisotopic (exact) mass is 271 g/mol. The quantitative estimate of drug-likeness (QED) is 0.598. The zero-order chi connectivity index (χ0) is 13.3. The second kappa shape index (κ2) is 5.01. The first-order valence-electron chi connectivity index (χ1n) is 5.39. The molecule has 0 radical (unpaired) electrons. The van der Waals surface area contributed by atoms with Crippen LogP contribution >= 0.6 is 11.3 Å². The smallest absolute Gasteiger partial charge is 0.324 e. The van der Waals surface area contributed by atoms with Crippen LogP contribution in [0.25, 0.3) is 0 Å². The lowest BCUT2D eigenvalue weighted by molar-refractivity contribution is -0.380. The Kier molecular flexibility index (Phi) is 3.60. The van der Waals surface area contributed by atoms with Crippen LogP contribution in [0.4, 0.5) is 5.00 Å². The number of carbonyl (C=O) groups is 1. The van der Waals surface area contributed by atoms with E-state index in [0.717, 1.165) is 11.3 Å². The second-order valence-electron chi connectivity index (χ2n) is 4.14. The van der Waals surface area contributed by atoms with Gasteiger partial charge < -0.3 is 15.3 Å². The highest BCUT2D eigenvalue weighted by atomic mass is 32.1. The molecule has 7 nitrogen and oxygen atoms in total. The summed E-state index contributed by atoms with van der Waals surface area (Å²) in [6.07, 6.45) is -0.604. The molecule has 0 aliphatic carbocycles. The van der Waals surface area contributed by atoms with Crippen LogP contribution in [0.1, 0.15) is 10.4 Å². The van der Waals surface area contributed by atoms with E-state index in [1.807, 2.05) is 0 Å². The fourth-order valence-electron chi connectivity index (χ4n) is 1.93. The average molecular weight is 271 g/mol. The molecular formula is C10H13N3O4S. The summed E-state index contributed by atoms with van der Waals surface area (Å²) in [4.78, 5) is 23.5. The lowest BCUT2D eigenvalue weighted by Crippen LogP contribution is -2.44. The van der Waals surface area contributed by atoms with Crippen LogP contribution in [-0.2, 0) is 0 Å². The molecule has 1 aliphatic rings. The molecule has 18 heavy (non-hydrogen) atoms. The zero-order valence-electron chi connectivity index (χ0n) is 9.70. The predicted octanol–water partition coefficient (Wildman–Crippen LogP) is 0.0610. The van der Waals surface area contributed by atoms with E-state index >= 15 is 0 Å². The number of nitrogens with zero attached hydrogens (tertiary/aromatic N) is 2. The second-order valence-corrected chi connectivity index (χ2v) is 5.03. The summed E-state index contributed by atoms with van der Waals surface area (Å²) in [5.41, 5.74) is 0.285. The zero-order valence-corrected chi connectivity index (χ0v) is 10.5. The summed E-state index contributed by atoms with van der Waals surface area (Å²) in [5.74, 6) is -0.313. The number of aliphatic hydroxyl groups is 1. The molecule has 0 unspecified atom stereocenters. The third-order valence-corrected chi connectivity index (χ3v) is 3.86. The Labute approximate surface area is 107 Å². The van der Waals surface area contributed by atoms with Crippen molar-refractivity contribution < 1.29 is 14.8 Å². The molecule has 1 fully saturated rings. The van der Waals surface area contributed by atoms with Gasteiger partial charge in [0, 0.05) is 31.6 Å². The molecule has 1 amide bonds. The summed E-state index contributed by atoms with van der Waals surface area (Å²) in [6.45, 7) is 0.974. The molecule has 0 bridgehead atoms. The van der Waals surface area contributed by atoms with Crippen LogP contribution in [0.15, 0.2) is 11.4 Å². The van der Waals surface area contributed by atoms with Crippen molar-refractivity contribution in [1.29, 1.82) is 0 Å². The molecule has 1 aromatic rings. The molecule has 98 valence electrons. The highest BCUT2D eigenvalue weighted by Crippen LogP contribution is 2.24. The molecule has 2 heterocycles. The largest absolute Gasteiger partial charge is 0.390 e. The summed E-state index contributed by atoms with van der Waals surface area (Å²) >= 11 is 0.922. The minimum absolute atomic E-state index is 0.0585. The van der Waals surface area contributed by atoms with Crippen molar-refractivity contribution in [2.24, 2.45) is 0 Å². The highest BCUT2D eigenvalue weighted by Gasteiger charge is 2.32. The Morgan fingerprint density at radius 1 is 1.67 bits per heavy atom. The lowest BCUT2D eigenvalue weighted by atomic mass is 10.1. The molecule has 1 aliphatic heterocycles. The topological polar surface area (TPSA) is 95.7 Å². The van der Waals surface area contributed by atoms with Crippen LogP contribution in [0, 0.1) is 10.1 Å². The van der Waals surface area contributed by atoms with Crippen LogP contribution in [0.5, 0.6) is 0 Å². The van der Waals surface area contributed by atoms with Gasteiger partial charge >= 0.3 is 5.00 Å². The van der Waals surface area contributed by atoms with Crippen molar-refractivity contribution in [2.75, 3.05) is 20.1 Å². The number of nitro groups is 1. The van der Waals surface area contributed by atoms with Crippen LogP contribution in [-0.4, -0.2) is 53.1 Å². The van der Waals surface area contributed by atoms with Gasteiger partial charge in [-0.05, 0) is 0 Å². The highest BCUT2D eigenvalue weighted by molar-refractivity contribution is 7.13. The Hall–Kier alpha value is -1.51. The number of hydrogen-bond acceptors (Lipinski definition) is 6. The molecule has 0 spiro atoms. The maximum absolute atomic E-state index is 12.1. The molecule has 1 aromatic heterocycles. The van der Waals surface area contributed by atoms with Gasteiger partial charge in [0.1, 0.15) is 0 Å². The Morgan fingerprint density at radius 2 is 2.39 bits per heavy atom. The standard InChI is InChI=1S/C10H13N3O4S/c1-12(7-3-11-4-8(7)14)10(15)6-2-9(13(16)17)18-5-6/h2,5,7-8,11,14H,3-4H2,1H3/t7-,8-/m0/s1. The van der Waals surface area contributed by atoms with E-state index in [1.165, 1.54) is 16.3 Å². The molecule has 0 aromatic carbocycles. The van der Waals surface area contributed by atoms with Crippen molar-refractivity contribution >= 4 is 22.2 Å². The summed E-state index contributed by atoms with van der Waals surface area (Å²) in [5, 5.41) is 24.6. The Morgan fingerprint density at radius 3 is 2.89 bits per heavy atom. The summed E-state index contributed by atoms with van der Waals surface area (Å²) in [7, 11) is 1.59. The van der Waals surface area contributed by atoms with E-state index in [9.17, 15) is 20.0 Å². The van der Waals surface area contributed by atoms with E-state index in [2.05, 4.69) is 5.32 Å². The number of thiophene rings is 1. The Bertz CT molecular complexity index is 475. The Balaban J connectivity index is 2.12. The van der Waals surface area contributed by atoms with Gasteiger partial charge in [-0.3, -0.25) is 14.9 Å². The number of rotatable bonds is 3. The number of aliphatic hydroxyl groups excluding tert-OH is 1. The molecule has 2 rings (SSSR count). The van der Waals surface area contributed by atoms with Gasteiger partial charge in [-0.15, -0.1) is 0 Å². The van der Waals surface area contributed by atoms with Gasteiger partial charge in [-0.1, -0.05) is 11.3 Å². The molecule has 2 N–H and O–H groups in total. The van der Waals surface area contributed by atoms with Crippen LogP contribution in [0.3, 0.4) is 0 Å². The number of likely N-dealkylation sites (N-methyl/N-ethyl adjacent to an activating group) is 1. The van der Waals surface area contributed by atoms with Crippen LogP contribution in [0.2, 0.25) is 0 Å². The minimum Gasteiger partial charge on any atom is -0.390 e. The van der Waals surface area contributed by atoms with E-state index in [4.69, 9.17) is 0 Å². The van der Waals surface area contributed by atoms with Crippen molar-refractivity contribution in [2.45, 2.75) is 12.1 Å². The number of hydrogen-bond donors (Lipinski definition) is 2. The predicted molar refractivity (Wildman–Crippen MR) is 65.7 cm³/mol. The summed E-state index contributed by atoms with van der Waals surface area (Å²) in [6, 6.07) is 0.967. The van der Waals surface area contributed by atoms with Gasteiger partial charge in [0.2, 0.25) is 0 Å². The number of carbonyl (C=O) groups excluding carboxylic acids is 1. The van der Waals surface area contributed by atoms with Gasteiger partial charge in [-0.2, -0.15) is 0 Å². The van der Waals surface area contributed by atoms with Gasteiger partial charge in [0.05, 0.1) is 22.6 Å². The third-order valence-electron chi connectivity index (χ3n) is 2.98. The van der Waals surface area contributed by atoms with Gasteiger partial charge in [0.15, 0.2) is 0 Å². The molecule has 8 heteroatoms. The molecule has 0 saturated carbocycles. The minimum atomic E-state index is -0.604. The maximum atomic E-state index is 12.1. The van der Waals surface area contributed by atoms with Crippen LogP contribution < -0.4 is 5.32 Å². The number of nitrogens with one attached hydrogen (secondary N) is 1. The average Bonchev–Trinajstić information content (AvgIpc) is 2.95. The van der Waals surface area contributed by atoms with Gasteiger partial charge in [0.25, 0.3) is 5.91 Å². The molecular weight excluding hydrogens is 258 g/mol. The first-order valence-corrected chi connectivity index (χ1v) is 6.27. The maximum Gasteiger partial charge on any atom is 0.324 e. The first-order chi connectivity index (χ1) is 8.50. The summed E-state index contributed by atoms with van der Waals surface area (Å²) < 4.78 is 0. The normalized spacial score (nSPS) is 23.0. The fraction of sp³-hybridized carbons (Fsp3) is 0.500. The van der Waals surface area contributed by atoms with E-state index in [-0.39, 0.29) is 22.5 Å². The van der Waals surface area contributed by atoms with E-state index in [0.29, 0.717) is 13.1 Å². The SMILES string of the molecule is CN(C(=O)c1csc([N+](=O)[O-])c1)[C@H]1CNC[C@@H]1O. The van der Waals surface area contributed by atoms with Crippen molar-refractivity contribution in [1.82, 2.24) is 10.2 Å². The molecule has 1 saturated heterocycles. The number of amides is 1. The van der Waals surface area contributed by atoms with Gasteiger partial charge in [-0.25, -0.2) is 0 Å². The van der Waals surface area contributed by atoms with Crippen molar-refractivity contribution in [3.05, 3.63) is 27.1 Å².